The number of aliphatic carboxylic acids is 1. The van der Waals surface area contributed by atoms with Gasteiger partial charge in [0.25, 0.3) is 7.52 Å². The van der Waals surface area contributed by atoms with Gasteiger partial charge in [0, 0.05) is 0 Å². The van der Waals surface area contributed by atoms with Crippen molar-refractivity contribution in [1.29, 1.82) is 0 Å². The summed E-state index contributed by atoms with van der Waals surface area (Å²) in [4.78, 5) is 23.9. The van der Waals surface area contributed by atoms with Gasteiger partial charge in [-0.05, 0) is 12.0 Å². The van der Waals surface area contributed by atoms with Gasteiger partial charge in [0.05, 0.1) is 19.5 Å². The molecule has 11 nitrogen and oxygen atoms in total. The van der Waals surface area contributed by atoms with Gasteiger partial charge in [-0.3, -0.25) is 9.36 Å². The molecule has 1 aliphatic rings. The van der Waals surface area contributed by atoms with Crippen LogP contribution in [0.5, 0.6) is 0 Å². The van der Waals surface area contributed by atoms with Crippen LogP contribution in [0.2, 0.25) is 0 Å². The van der Waals surface area contributed by atoms with E-state index in [1.54, 1.807) is 10.9 Å². The van der Waals surface area contributed by atoms with Crippen LogP contribution < -0.4 is 10.8 Å². The first-order chi connectivity index (χ1) is 14.4. The molecule has 30 heavy (non-hydrogen) atoms. The average molecular weight is 432 g/mol. The van der Waals surface area contributed by atoms with E-state index in [0.717, 1.165) is 5.56 Å². The molecule has 2 aromatic heterocycles. The Morgan fingerprint density at radius 3 is 2.83 bits per heavy atom. The molecule has 0 spiro atoms. The summed E-state index contributed by atoms with van der Waals surface area (Å²) >= 11 is 0. The Kier molecular flexibility index (Phi) is 5.78. The van der Waals surface area contributed by atoms with Gasteiger partial charge in [-0.1, -0.05) is 30.3 Å². The first-order valence-electron chi connectivity index (χ1n) is 9.24. The van der Waals surface area contributed by atoms with Crippen molar-refractivity contribution >= 4 is 30.5 Å². The summed E-state index contributed by atoms with van der Waals surface area (Å²) in [5, 5.41) is 12.2. The summed E-state index contributed by atoms with van der Waals surface area (Å²) < 4.78 is 26.0. The van der Waals surface area contributed by atoms with E-state index in [9.17, 15) is 14.5 Å². The first kappa shape index (κ1) is 20.4. The monoisotopic (exact) mass is 432 g/mol. The SMILES string of the molecule is Nc1ncnc2c1ncn2C[C@H]1COP(=O)(NC(Cc2ccccc2)C(=O)O)CO1. The molecule has 3 atom stereocenters. The second-order valence-corrected chi connectivity index (χ2v) is 9.05. The van der Waals surface area contributed by atoms with Crippen molar-refractivity contribution in [3.63, 3.8) is 0 Å². The summed E-state index contributed by atoms with van der Waals surface area (Å²) in [5.74, 6) is -0.826. The van der Waals surface area contributed by atoms with E-state index in [1.807, 2.05) is 30.3 Å². The van der Waals surface area contributed by atoms with Crippen LogP contribution in [0.1, 0.15) is 5.56 Å². The van der Waals surface area contributed by atoms with Crippen LogP contribution in [0.4, 0.5) is 5.82 Å². The van der Waals surface area contributed by atoms with E-state index in [2.05, 4.69) is 20.0 Å². The molecule has 12 heteroatoms. The van der Waals surface area contributed by atoms with Crippen molar-refractivity contribution in [1.82, 2.24) is 24.6 Å². The number of ether oxygens (including phenoxy) is 1. The van der Waals surface area contributed by atoms with Crippen molar-refractivity contribution in [3.8, 4) is 0 Å². The number of imidazole rings is 1. The van der Waals surface area contributed by atoms with E-state index >= 15 is 0 Å². The van der Waals surface area contributed by atoms with Crippen LogP contribution in [-0.2, 0) is 31.6 Å². The minimum absolute atomic E-state index is 0.0300. The maximum atomic E-state index is 13.0. The molecule has 0 saturated carbocycles. The number of rotatable bonds is 7. The highest BCUT2D eigenvalue weighted by Crippen LogP contribution is 2.46. The predicted molar refractivity (Wildman–Crippen MR) is 108 cm³/mol. The predicted octanol–water partition coefficient (Wildman–Crippen LogP) is 1.26. The maximum absolute atomic E-state index is 13.0. The summed E-state index contributed by atoms with van der Waals surface area (Å²) in [6.07, 6.45) is 2.46. The highest BCUT2D eigenvalue weighted by Gasteiger charge is 2.36. The zero-order valence-electron chi connectivity index (χ0n) is 15.9. The Hall–Kier alpha value is -2.85. The minimum Gasteiger partial charge on any atom is -0.480 e. The Bertz CT molecular complexity index is 1080. The molecule has 1 aliphatic heterocycles. The van der Waals surface area contributed by atoms with E-state index in [4.69, 9.17) is 15.0 Å². The second kappa shape index (κ2) is 8.49. The highest BCUT2D eigenvalue weighted by molar-refractivity contribution is 7.56. The summed E-state index contributed by atoms with van der Waals surface area (Å²) in [7, 11) is -3.47. The van der Waals surface area contributed by atoms with Crippen molar-refractivity contribution in [3.05, 3.63) is 48.5 Å². The number of nitrogen functional groups attached to an aromatic ring is 1. The van der Waals surface area contributed by atoms with Crippen LogP contribution in [-0.4, -0.2) is 55.7 Å². The van der Waals surface area contributed by atoms with Gasteiger partial charge in [-0.2, -0.15) is 0 Å². The lowest BCUT2D eigenvalue weighted by molar-refractivity contribution is -0.139. The molecule has 1 fully saturated rings. The fourth-order valence-electron chi connectivity index (χ4n) is 3.20. The third-order valence-corrected chi connectivity index (χ3v) is 6.47. The van der Waals surface area contributed by atoms with E-state index in [1.165, 1.54) is 6.33 Å². The van der Waals surface area contributed by atoms with Gasteiger partial charge < -0.3 is 24.7 Å². The number of carboxylic acids is 1. The smallest absolute Gasteiger partial charge is 0.321 e. The zero-order chi connectivity index (χ0) is 21.1. The number of hydrogen-bond acceptors (Lipinski definition) is 8. The molecule has 0 aliphatic carbocycles. The van der Waals surface area contributed by atoms with Gasteiger partial charge in [-0.25, -0.2) is 20.0 Å². The summed E-state index contributed by atoms with van der Waals surface area (Å²) in [5.41, 5.74) is 7.66. The maximum Gasteiger partial charge on any atom is 0.321 e. The number of benzene rings is 1. The topological polar surface area (TPSA) is 154 Å². The molecule has 0 amide bonds. The zero-order valence-corrected chi connectivity index (χ0v) is 16.8. The third-order valence-electron chi connectivity index (χ3n) is 4.71. The quantitative estimate of drug-likeness (QED) is 0.465. The molecular weight excluding hydrogens is 411 g/mol. The number of aromatic nitrogens is 4. The Labute approximate surface area is 171 Å². The van der Waals surface area contributed by atoms with Gasteiger partial charge in [0.2, 0.25) is 0 Å². The summed E-state index contributed by atoms with van der Waals surface area (Å²) in [6.45, 7) is 0.390. The molecule has 3 aromatic rings. The number of carboxylic acid groups (broad SMARTS) is 1. The third kappa shape index (κ3) is 4.49. The van der Waals surface area contributed by atoms with Crippen LogP contribution in [0.15, 0.2) is 43.0 Å². The number of nitrogens with zero attached hydrogens (tertiary/aromatic N) is 4. The fourth-order valence-corrected chi connectivity index (χ4v) is 4.91. The van der Waals surface area contributed by atoms with Crippen LogP contribution in [0, 0.1) is 0 Å². The molecule has 0 radical (unpaired) electrons. The average Bonchev–Trinajstić information content (AvgIpc) is 3.14. The van der Waals surface area contributed by atoms with Crippen molar-refractivity contribution < 1.29 is 23.7 Å². The number of carbonyl (C=O) groups is 1. The number of hydrogen-bond donors (Lipinski definition) is 3. The largest absolute Gasteiger partial charge is 0.480 e. The first-order valence-corrected chi connectivity index (χ1v) is 11.1. The Morgan fingerprint density at radius 2 is 2.13 bits per heavy atom. The van der Waals surface area contributed by atoms with Gasteiger partial charge >= 0.3 is 5.97 Å². The molecule has 2 unspecified atom stereocenters. The molecule has 1 aromatic carbocycles. The van der Waals surface area contributed by atoms with E-state index in [0.29, 0.717) is 17.7 Å². The van der Waals surface area contributed by atoms with Gasteiger partial charge in [0.15, 0.2) is 11.5 Å². The normalized spacial score (nSPS) is 22.7. The van der Waals surface area contributed by atoms with Crippen molar-refractivity contribution in [2.45, 2.75) is 25.1 Å². The van der Waals surface area contributed by atoms with Gasteiger partial charge in [0.1, 0.15) is 30.3 Å². The van der Waals surface area contributed by atoms with Gasteiger partial charge in [-0.15, -0.1) is 0 Å². The van der Waals surface area contributed by atoms with E-state index < -0.39 is 25.6 Å². The molecule has 158 valence electrons. The van der Waals surface area contributed by atoms with Crippen LogP contribution in [0.3, 0.4) is 0 Å². The Balaban J connectivity index is 1.38. The highest BCUT2D eigenvalue weighted by atomic mass is 31.2. The fraction of sp³-hybridized carbons (Fsp3) is 0.333. The second-order valence-electron chi connectivity index (χ2n) is 6.92. The minimum atomic E-state index is -3.47. The molecular formula is C18H21N6O5P. The molecule has 0 bridgehead atoms. The molecule has 4 rings (SSSR count). The van der Waals surface area contributed by atoms with Crippen molar-refractivity contribution in [2.75, 3.05) is 18.7 Å². The Morgan fingerprint density at radius 1 is 1.33 bits per heavy atom. The number of fused-ring (bicyclic) bond motifs is 1. The standard InChI is InChI=1S/C18H21N6O5P/c19-16-15-17(21-9-20-16)24(10-22-15)7-13-8-29-30(27,11-28-13)23-14(18(25)26)6-12-4-2-1-3-5-12/h1-5,9-10,13-14H,6-8,11H2,(H,23,27)(H,25,26)(H2,19,20,21)/t13-,14?,30?/m0/s1. The van der Waals surface area contributed by atoms with E-state index in [-0.39, 0.29) is 25.2 Å². The lowest BCUT2D eigenvalue weighted by atomic mass is 10.1. The molecule has 3 heterocycles. The molecule has 4 N–H and O–H groups in total. The van der Waals surface area contributed by atoms with Crippen LogP contribution >= 0.6 is 7.52 Å². The van der Waals surface area contributed by atoms with Crippen LogP contribution in [0.25, 0.3) is 11.2 Å². The lowest BCUT2D eigenvalue weighted by Crippen LogP contribution is -2.41. The number of nitrogens with two attached hydrogens (primary N) is 1. The van der Waals surface area contributed by atoms with Crippen molar-refractivity contribution in [2.24, 2.45) is 0 Å². The number of nitrogens with one attached hydrogen (secondary N) is 1. The lowest BCUT2D eigenvalue weighted by Gasteiger charge is -2.31. The number of anilines is 1. The summed E-state index contributed by atoms with van der Waals surface area (Å²) in [6, 6.07) is 8.05. The molecule has 1 saturated heterocycles.